The van der Waals surface area contributed by atoms with Gasteiger partial charge in [-0.1, -0.05) is 42.5 Å². The predicted molar refractivity (Wildman–Crippen MR) is 112 cm³/mol. The summed E-state index contributed by atoms with van der Waals surface area (Å²) >= 11 is 0. The van der Waals surface area contributed by atoms with Gasteiger partial charge in [-0.25, -0.2) is 9.18 Å². The number of aromatic nitrogens is 1. The van der Waals surface area contributed by atoms with Gasteiger partial charge in [0.1, 0.15) is 5.82 Å². The number of carbonyl (C=O) groups is 2. The molecule has 0 radical (unpaired) electrons. The Hall–Kier alpha value is -3.54. The number of pyridine rings is 1. The van der Waals surface area contributed by atoms with Crippen LogP contribution >= 0.6 is 0 Å². The lowest BCUT2D eigenvalue weighted by Crippen LogP contribution is -2.36. The van der Waals surface area contributed by atoms with E-state index in [1.165, 1.54) is 12.1 Å². The van der Waals surface area contributed by atoms with Gasteiger partial charge in [-0.05, 0) is 31.1 Å². The number of para-hydroxylation sites is 1. The van der Waals surface area contributed by atoms with Gasteiger partial charge in [-0.2, -0.15) is 0 Å². The Morgan fingerprint density at radius 1 is 1.10 bits per heavy atom. The van der Waals surface area contributed by atoms with Crippen LogP contribution in [0.1, 0.15) is 24.0 Å². The first-order chi connectivity index (χ1) is 14.6. The summed E-state index contributed by atoms with van der Waals surface area (Å²) in [5, 5.41) is 0.969. The molecule has 0 spiro atoms. The lowest BCUT2D eigenvalue weighted by molar-refractivity contribution is -0.148. The number of nitrogens with zero attached hydrogens (tertiary/aromatic N) is 2. The lowest BCUT2D eigenvalue weighted by atomic mass is 10.1. The zero-order chi connectivity index (χ0) is 20.9. The maximum atomic E-state index is 13.9. The van der Waals surface area contributed by atoms with E-state index >= 15 is 0 Å². The predicted octanol–water partition coefficient (Wildman–Crippen LogP) is 4.12. The van der Waals surface area contributed by atoms with E-state index in [4.69, 9.17) is 4.74 Å². The van der Waals surface area contributed by atoms with E-state index in [-0.39, 0.29) is 30.9 Å². The molecule has 1 aromatic heterocycles. The van der Waals surface area contributed by atoms with E-state index in [1.807, 2.05) is 30.3 Å². The summed E-state index contributed by atoms with van der Waals surface area (Å²) in [5.74, 6) is -1.29. The van der Waals surface area contributed by atoms with Crippen LogP contribution in [0.25, 0.3) is 17.0 Å². The van der Waals surface area contributed by atoms with Crippen LogP contribution in [0.15, 0.2) is 66.9 Å². The number of amides is 1. The van der Waals surface area contributed by atoms with Gasteiger partial charge in [0.15, 0.2) is 6.61 Å². The highest BCUT2D eigenvalue weighted by atomic mass is 19.1. The molecule has 0 bridgehead atoms. The fraction of sp³-hybridized carbons (Fsp3) is 0.208. The highest BCUT2D eigenvalue weighted by Crippen LogP contribution is 2.29. The summed E-state index contributed by atoms with van der Waals surface area (Å²) in [5.41, 5.74) is 2.02. The third kappa shape index (κ3) is 4.71. The van der Waals surface area contributed by atoms with Crippen LogP contribution in [0.2, 0.25) is 0 Å². The number of esters is 1. The van der Waals surface area contributed by atoms with Crippen molar-refractivity contribution in [3.63, 3.8) is 0 Å². The molecule has 0 aliphatic heterocycles. The van der Waals surface area contributed by atoms with Crippen molar-refractivity contribution in [2.45, 2.75) is 25.4 Å². The van der Waals surface area contributed by atoms with Crippen LogP contribution in [0.5, 0.6) is 0 Å². The Balaban J connectivity index is 1.37. The number of ether oxygens (including phenoxy) is 1. The van der Waals surface area contributed by atoms with Gasteiger partial charge in [-0.15, -0.1) is 0 Å². The van der Waals surface area contributed by atoms with Crippen molar-refractivity contribution in [2.75, 3.05) is 6.61 Å². The molecule has 1 saturated carbocycles. The first-order valence-electron chi connectivity index (χ1n) is 9.83. The maximum Gasteiger partial charge on any atom is 0.331 e. The molecular weight excluding hydrogens is 383 g/mol. The van der Waals surface area contributed by atoms with Gasteiger partial charge in [0.2, 0.25) is 0 Å². The minimum Gasteiger partial charge on any atom is -0.452 e. The van der Waals surface area contributed by atoms with Crippen LogP contribution < -0.4 is 0 Å². The first-order valence-corrected chi connectivity index (χ1v) is 9.83. The molecule has 0 saturated heterocycles. The Labute approximate surface area is 173 Å². The molecule has 6 heteroatoms. The number of benzene rings is 2. The average molecular weight is 404 g/mol. The molecular formula is C24H21FN2O3. The Bertz CT molecular complexity index is 1100. The number of halogens is 1. The van der Waals surface area contributed by atoms with Crippen LogP contribution in [0.3, 0.4) is 0 Å². The lowest BCUT2D eigenvalue weighted by Gasteiger charge is -2.22. The molecule has 1 amide bonds. The number of hydrogen-bond donors (Lipinski definition) is 0. The second kappa shape index (κ2) is 8.86. The number of fused-ring (bicyclic) bond motifs is 1. The topological polar surface area (TPSA) is 59.5 Å². The molecule has 5 nitrogen and oxygen atoms in total. The zero-order valence-corrected chi connectivity index (χ0v) is 16.3. The van der Waals surface area contributed by atoms with Crippen molar-refractivity contribution in [2.24, 2.45) is 0 Å². The fourth-order valence-electron chi connectivity index (χ4n) is 3.30. The molecule has 30 heavy (non-hydrogen) atoms. The standard InChI is InChI=1S/C24H21FN2O3/c25-21-9-2-1-5-19(21)15-27(20-11-12-20)22(28)16-30-23(29)13-10-18-7-3-6-17-8-4-14-26-24(17)18/h1-10,13-14,20H,11-12,15-16H2/b13-10-. The van der Waals surface area contributed by atoms with E-state index in [0.29, 0.717) is 5.56 Å². The van der Waals surface area contributed by atoms with E-state index < -0.39 is 5.97 Å². The Morgan fingerprint density at radius 3 is 2.70 bits per heavy atom. The molecule has 0 atom stereocenters. The molecule has 4 rings (SSSR count). The van der Waals surface area contributed by atoms with Gasteiger partial charge < -0.3 is 9.64 Å². The van der Waals surface area contributed by atoms with Crippen molar-refractivity contribution in [3.05, 3.63) is 83.8 Å². The van der Waals surface area contributed by atoms with Gasteiger partial charge >= 0.3 is 5.97 Å². The summed E-state index contributed by atoms with van der Waals surface area (Å²) in [6.07, 6.45) is 6.36. The van der Waals surface area contributed by atoms with Crippen molar-refractivity contribution < 1.29 is 18.7 Å². The Morgan fingerprint density at radius 2 is 1.90 bits per heavy atom. The zero-order valence-electron chi connectivity index (χ0n) is 16.3. The maximum absolute atomic E-state index is 13.9. The number of carbonyl (C=O) groups excluding carboxylic acids is 2. The van der Waals surface area contributed by atoms with Crippen molar-refractivity contribution in [1.82, 2.24) is 9.88 Å². The van der Waals surface area contributed by atoms with E-state index in [0.717, 1.165) is 29.3 Å². The molecule has 0 N–H and O–H groups in total. The normalized spacial score (nSPS) is 13.5. The second-order valence-corrected chi connectivity index (χ2v) is 7.21. The minimum atomic E-state index is -0.613. The van der Waals surface area contributed by atoms with Crippen LogP contribution in [-0.4, -0.2) is 34.4 Å². The average Bonchev–Trinajstić information content (AvgIpc) is 3.60. The van der Waals surface area contributed by atoms with E-state index in [2.05, 4.69) is 4.98 Å². The fourth-order valence-corrected chi connectivity index (χ4v) is 3.30. The Kier molecular flexibility index (Phi) is 5.84. The highest BCUT2D eigenvalue weighted by molar-refractivity contribution is 5.93. The van der Waals surface area contributed by atoms with E-state index in [1.54, 1.807) is 35.4 Å². The molecule has 0 unspecified atom stereocenters. The van der Waals surface area contributed by atoms with Crippen molar-refractivity contribution in [3.8, 4) is 0 Å². The van der Waals surface area contributed by atoms with Crippen LogP contribution in [0, 0.1) is 5.82 Å². The van der Waals surface area contributed by atoms with Crippen molar-refractivity contribution >= 4 is 28.9 Å². The van der Waals surface area contributed by atoms with Crippen LogP contribution in [0.4, 0.5) is 4.39 Å². The molecule has 3 aromatic rings. The molecule has 1 heterocycles. The smallest absolute Gasteiger partial charge is 0.331 e. The summed E-state index contributed by atoms with van der Waals surface area (Å²) in [6, 6.07) is 15.9. The highest BCUT2D eigenvalue weighted by Gasteiger charge is 2.33. The monoisotopic (exact) mass is 404 g/mol. The van der Waals surface area contributed by atoms with Gasteiger partial charge in [0.25, 0.3) is 5.91 Å². The third-order valence-corrected chi connectivity index (χ3v) is 5.01. The molecule has 152 valence electrons. The van der Waals surface area contributed by atoms with Gasteiger partial charge in [-0.3, -0.25) is 9.78 Å². The summed E-state index contributed by atoms with van der Waals surface area (Å²) in [6.45, 7) is -0.201. The number of hydrogen-bond acceptors (Lipinski definition) is 4. The van der Waals surface area contributed by atoms with Crippen LogP contribution in [-0.2, 0) is 20.9 Å². The largest absolute Gasteiger partial charge is 0.452 e. The van der Waals surface area contributed by atoms with E-state index in [9.17, 15) is 14.0 Å². The second-order valence-electron chi connectivity index (χ2n) is 7.21. The summed E-state index contributed by atoms with van der Waals surface area (Å²) in [4.78, 5) is 30.6. The molecule has 1 fully saturated rings. The first kappa shape index (κ1) is 19.8. The summed E-state index contributed by atoms with van der Waals surface area (Å²) < 4.78 is 19.1. The minimum absolute atomic E-state index is 0.0770. The number of rotatable bonds is 7. The molecule has 2 aromatic carbocycles. The van der Waals surface area contributed by atoms with Crippen molar-refractivity contribution in [1.29, 1.82) is 0 Å². The van der Waals surface area contributed by atoms with Gasteiger partial charge in [0.05, 0.1) is 5.52 Å². The quantitative estimate of drug-likeness (QED) is 0.439. The molecule has 1 aliphatic rings. The molecule has 1 aliphatic carbocycles. The SMILES string of the molecule is O=C(/C=C\c1cccc2cccnc12)OCC(=O)N(Cc1ccccc1F)C1CC1. The third-order valence-electron chi connectivity index (χ3n) is 5.01. The van der Waals surface area contributed by atoms with Gasteiger partial charge in [0, 0.05) is 41.4 Å². The summed E-state index contributed by atoms with van der Waals surface area (Å²) in [7, 11) is 0.